The van der Waals surface area contributed by atoms with Gasteiger partial charge in [0.05, 0.1) is 5.69 Å². The van der Waals surface area contributed by atoms with Crippen molar-refractivity contribution in [2.24, 2.45) is 5.73 Å². The molecular weight excluding hydrogens is 246 g/mol. The second-order valence-electron chi connectivity index (χ2n) is 5.70. The molecule has 2 heterocycles. The first-order valence-electron chi connectivity index (χ1n) is 7.65. The van der Waals surface area contributed by atoms with Crippen molar-refractivity contribution in [3.63, 3.8) is 0 Å². The zero-order valence-electron chi connectivity index (χ0n) is 12.2. The smallest absolute Gasteiger partial charge is 0.140 e. The average molecular weight is 269 g/mol. The molecule has 1 aliphatic rings. The molecule has 1 aromatic heterocycles. The van der Waals surface area contributed by atoms with Crippen molar-refractivity contribution < 1.29 is 0 Å². The quantitative estimate of drug-likeness (QED) is 0.927. The number of hydrogen-bond acceptors (Lipinski definition) is 2. The first-order chi connectivity index (χ1) is 9.79. The van der Waals surface area contributed by atoms with Crippen LogP contribution in [0.2, 0.25) is 0 Å². The number of nitrogens with two attached hydrogens (primary N) is 1. The molecule has 0 radical (unpaired) electrons. The van der Waals surface area contributed by atoms with Gasteiger partial charge in [-0.3, -0.25) is 0 Å². The van der Waals surface area contributed by atoms with Crippen molar-refractivity contribution in [3.8, 4) is 11.4 Å². The topological polar surface area (TPSA) is 43.8 Å². The maximum absolute atomic E-state index is 5.65. The molecule has 0 saturated heterocycles. The fourth-order valence-corrected chi connectivity index (χ4v) is 3.01. The summed E-state index contributed by atoms with van der Waals surface area (Å²) in [5.74, 6) is 1.15. The molecule has 2 N–H and O–H groups in total. The van der Waals surface area contributed by atoms with Gasteiger partial charge in [-0.2, -0.15) is 0 Å². The van der Waals surface area contributed by atoms with Crippen LogP contribution in [0.3, 0.4) is 0 Å². The molecule has 3 nitrogen and oxygen atoms in total. The van der Waals surface area contributed by atoms with Gasteiger partial charge in [0.1, 0.15) is 5.82 Å². The van der Waals surface area contributed by atoms with Crippen molar-refractivity contribution in [1.82, 2.24) is 9.55 Å². The van der Waals surface area contributed by atoms with Crippen LogP contribution in [0.4, 0.5) is 0 Å². The Balaban J connectivity index is 2.01. The molecule has 0 aliphatic carbocycles. The number of aryl methyl sites for hydroxylation is 2. The summed E-state index contributed by atoms with van der Waals surface area (Å²) in [6, 6.07) is 8.71. The summed E-state index contributed by atoms with van der Waals surface area (Å²) in [6.45, 7) is 3.97. The minimum atomic E-state index is 0.742. The third-order valence-electron chi connectivity index (χ3n) is 4.13. The van der Waals surface area contributed by atoms with E-state index in [4.69, 9.17) is 10.7 Å². The van der Waals surface area contributed by atoms with Crippen LogP contribution in [0, 0.1) is 6.92 Å². The minimum Gasteiger partial charge on any atom is -0.330 e. The molecule has 2 aromatic rings. The van der Waals surface area contributed by atoms with Crippen LogP contribution in [-0.4, -0.2) is 16.1 Å². The van der Waals surface area contributed by atoms with Gasteiger partial charge in [0.15, 0.2) is 0 Å². The fraction of sp³-hybridized carbons (Fsp3) is 0.471. The van der Waals surface area contributed by atoms with E-state index in [1.165, 1.54) is 41.8 Å². The Hall–Kier alpha value is -1.61. The second-order valence-corrected chi connectivity index (χ2v) is 5.70. The molecule has 3 rings (SSSR count). The van der Waals surface area contributed by atoms with Crippen molar-refractivity contribution in [1.29, 1.82) is 0 Å². The monoisotopic (exact) mass is 269 g/mol. The Morgan fingerprint density at radius 1 is 1.20 bits per heavy atom. The predicted octanol–water partition coefficient (Wildman–Crippen LogP) is 3.09. The summed E-state index contributed by atoms with van der Waals surface area (Å²) < 4.78 is 2.43. The third kappa shape index (κ3) is 2.50. The lowest BCUT2D eigenvalue weighted by atomic mass is 10.1. The van der Waals surface area contributed by atoms with E-state index >= 15 is 0 Å². The molecule has 0 unspecified atom stereocenters. The first kappa shape index (κ1) is 13.4. The molecule has 0 fully saturated rings. The minimum absolute atomic E-state index is 0.742. The maximum Gasteiger partial charge on any atom is 0.140 e. The number of nitrogens with zero attached hydrogens (tertiary/aromatic N) is 2. The van der Waals surface area contributed by atoms with Gasteiger partial charge in [0.2, 0.25) is 0 Å². The van der Waals surface area contributed by atoms with Crippen LogP contribution in [0.15, 0.2) is 24.3 Å². The van der Waals surface area contributed by atoms with Gasteiger partial charge in [0, 0.05) is 17.8 Å². The van der Waals surface area contributed by atoms with E-state index in [0.717, 1.165) is 31.8 Å². The Kier molecular flexibility index (Phi) is 3.88. The molecule has 0 amide bonds. The molecule has 3 heteroatoms. The Labute approximate surface area is 120 Å². The van der Waals surface area contributed by atoms with Gasteiger partial charge in [-0.05, 0) is 45.6 Å². The maximum atomic E-state index is 5.65. The molecule has 20 heavy (non-hydrogen) atoms. The van der Waals surface area contributed by atoms with Crippen LogP contribution in [0.25, 0.3) is 11.4 Å². The number of fused-ring (bicyclic) bond motifs is 1. The SMILES string of the molecule is Cc1ccc(-c2nc(CCCN)c3n2CCCC3)cc1. The van der Waals surface area contributed by atoms with E-state index in [0.29, 0.717) is 0 Å². The molecule has 106 valence electrons. The summed E-state index contributed by atoms with van der Waals surface area (Å²) in [5.41, 5.74) is 10.9. The van der Waals surface area contributed by atoms with Crippen LogP contribution < -0.4 is 5.73 Å². The van der Waals surface area contributed by atoms with Gasteiger partial charge >= 0.3 is 0 Å². The van der Waals surface area contributed by atoms with Gasteiger partial charge in [-0.1, -0.05) is 29.8 Å². The average Bonchev–Trinajstić information content (AvgIpc) is 2.85. The molecule has 1 aliphatic heterocycles. The predicted molar refractivity (Wildman–Crippen MR) is 82.7 cm³/mol. The lowest BCUT2D eigenvalue weighted by molar-refractivity contribution is 0.532. The van der Waals surface area contributed by atoms with Crippen LogP contribution in [-0.2, 0) is 19.4 Å². The Morgan fingerprint density at radius 2 is 2.00 bits per heavy atom. The number of hydrogen-bond donors (Lipinski definition) is 1. The van der Waals surface area contributed by atoms with Gasteiger partial charge in [0.25, 0.3) is 0 Å². The van der Waals surface area contributed by atoms with Crippen molar-refractivity contribution in [2.45, 2.75) is 45.6 Å². The van der Waals surface area contributed by atoms with Crippen LogP contribution in [0.5, 0.6) is 0 Å². The van der Waals surface area contributed by atoms with Crippen LogP contribution >= 0.6 is 0 Å². The Morgan fingerprint density at radius 3 is 2.75 bits per heavy atom. The molecular formula is C17H23N3. The molecule has 0 atom stereocenters. The van der Waals surface area contributed by atoms with E-state index in [-0.39, 0.29) is 0 Å². The largest absolute Gasteiger partial charge is 0.330 e. The van der Waals surface area contributed by atoms with E-state index < -0.39 is 0 Å². The zero-order chi connectivity index (χ0) is 13.9. The number of imidazole rings is 1. The molecule has 0 saturated carbocycles. The Bertz CT molecular complexity index is 581. The zero-order valence-corrected chi connectivity index (χ0v) is 12.2. The van der Waals surface area contributed by atoms with Crippen molar-refractivity contribution >= 4 is 0 Å². The molecule has 1 aromatic carbocycles. The number of aromatic nitrogens is 2. The summed E-state index contributed by atoms with van der Waals surface area (Å²) in [7, 11) is 0. The summed E-state index contributed by atoms with van der Waals surface area (Å²) in [6.07, 6.45) is 5.75. The van der Waals surface area contributed by atoms with Crippen molar-refractivity contribution in [3.05, 3.63) is 41.2 Å². The first-order valence-corrected chi connectivity index (χ1v) is 7.65. The van der Waals surface area contributed by atoms with Crippen molar-refractivity contribution in [2.75, 3.05) is 6.54 Å². The van der Waals surface area contributed by atoms with E-state index in [1.54, 1.807) is 0 Å². The highest BCUT2D eigenvalue weighted by Crippen LogP contribution is 2.28. The van der Waals surface area contributed by atoms with E-state index in [1.807, 2.05) is 0 Å². The summed E-state index contributed by atoms with van der Waals surface area (Å²) >= 11 is 0. The summed E-state index contributed by atoms with van der Waals surface area (Å²) in [4.78, 5) is 4.94. The van der Waals surface area contributed by atoms with Gasteiger partial charge in [-0.15, -0.1) is 0 Å². The highest BCUT2D eigenvalue weighted by Gasteiger charge is 2.20. The van der Waals surface area contributed by atoms with Crippen LogP contribution in [0.1, 0.15) is 36.2 Å². The molecule has 0 bridgehead atoms. The molecule has 0 spiro atoms. The number of rotatable bonds is 4. The fourth-order valence-electron chi connectivity index (χ4n) is 3.01. The highest BCUT2D eigenvalue weighted by molar-refractivity contribution is 5.57. The van der Waals surface area contributed by atoms with Gasteiger partial charge in [-0.25, -0.2) is 4.98 Å². The number of benzene rings is 1. The lowest BCUT2D eigenvalue weighted by Gasteiger charge is -2.17. The van der Waals surface area contributed by atoms with E-state index in [9.17, 15) is 0 Å². The standard InChI is InChI=1S/C17H23N3/c1-13-7-9-14(10-8-13)17-19-15(5-4-11-18)16-6-2-3-12-20(16)17/h7-10H,2-6,11-12,18H2,1H3. The second kappa shape index (κ2) is 5.80. The van der Waals surface area contributed by atoms with E-state index in [2.05, 4.69) is 35.8 Å². The normalized spacial score (nSPS) is 14.3. The third-order valence-corrected chi connectivity index (χ3v) is 4.13. The van der Waals surface area contributed by atoms with Gasteiger partial charge < -0.3 is 10.3 Å². The lowest BCUT2D eigenvalue weighted by Crippen LogP contribution is -2.12. The highest BCUT2D eigenvalue weighted by atomic mass is 15.1. The summed E-state index contributed by atoms with van der Waals surface area (Å²) in [5, 5.41) is 0.